The van der Waals surface area contributed by atoms with Crippen molar-refractivity contribution in [2.75, 3.05) is 0 Å². The molecule has 4 aromatic heterocycles. The molecular weight excluding hydrogens is 564 g/mol. The number of nitriles is 1. The van der Waals surface area contributed by atoms with Crippen molar-refractivity contribution in [2.24, 2.45) is 0 Å². The average Bonchev–Trinajstić information content (AvgIpc) is 3.84. The van der Waals surface area contributed by atoms with Crippen LogP contribution in [0, 0.1) is 11.3 Å². The Kier molecular flexibility index (Phi) is 5.00. The van der Waals surface area contributed by atoms with Crippen LogP contribution < -0.4 is 0 Å². The summed E-state index contributed by atoms with van der Waals surface area (Å²) in [7, 11) is 0. The first-order valence-corrected chi connectivity index (χ1v) is 15.4. The van der Waals surface area contributed by atoms with E-state index in [2.05, 4.69) is 123 Å². The van der Waals surface area contributed by atoms with Crippen molar-refractivity contribution >= 4 is 65.8 Å². The summed E-state index contributed by atoms with van der Waals surface area (Å²) in [5.74, 6) is 0. The normalized spacial score (nSPS) is 11.9. The maximum absolute atomic E-state index is 11.0. The second-order valence-electron chi connectivity index (χ2n) is 11.6. The van der Waals surface area contributed by atoms with E-state index in [9.17, 15) is 5.26 Å². The van der Waals surface area contributed by atoms with Gasteiger partial charge in [0, 0.05) is 27.2 Å². The molecule has 6 aromatic carbocycles. The summed E-state index contributed by atoms with van der Waals surface area (Å²) < 4.78 is 13.3. The number of nitrogens with zero attached hydrogens (tertiary/aromatic N) is 4. The molecular formula is C41H24N4O. The SMILES string of the molecule is N#Cc1c(-n2c3ccccc3c3oc4ccccc4c32)cccc1-n1c2ccccc2c2c1c1ccccc1n2-c1ccccc1. The number of benzene rings is 6. The van der Waals surface area contributed by atoms with E-state index in [-0.39, 0.29) is 0 Å². The molecule has 0 N–H and O–H groups in total. The van der Waals surface area contributed by atoms with Crippen LogP contribution in [-0.2, 0) is 0 Å². The number of fused-ring (bicyclic) bond motifs is 10. The average molecular weight is 589 g/mol. The molecule has 10 rings (SSSR count). The second kappa shape index (κ2) is 9.25. The van der Waals surface area contributed by atoms with Crippen molar-refractivity contribution in [1.82, 2.24) is 13.7 Å². The third-order valence-corrected chi connectivity index (χ3v) is 9.28. The van der Waals surface area contributed by atoms with E-state index in [1.54, 1.807) is 0 Å². The summed E-state index contributed by atoms with van der Waals surface area (Å²) in [6, 6.07) is 52.7. The van der Waals surface area contributed by atoms with Gasteiger partial charge in [-0.15, -0.1) is 0 Å². The summed E-state index contributed by atoms with van der Waals surface area (Å²) in [6.45, 7) is 0. The number of rotatable bonds is 3. The largest absolute Gasteiger partial charge is 0.454 e. The maximum Gasteiger partial charge on any atom is 0.161 e. The van der Waals surface area contributed by atoms with Crippen LogP contribution in [0.25, 0.3) is 82.9 Å². The monoisotopic (exact) mass is 588 g/mol. The summed E-state index contributed by atoms with van der Waals surface area (Å²) in [5, 5.41) is 15.3. The first-order valence-electron chi connectivity index (χ1n) is 15.4. The molecule has 0 atom stereocenters. The number of aromatic nitrogens is 3. The molecule has 46 heavy (non-hydrogen) atoms. The van der Waals surface area contributed by atoms with E-state index >= 15 is 0 Å². The van der Waals surface area contributed by atoms with Gasteiger partial charge in [0.1, 0.15) is 22.7 Å². The zero-order valence-electron chi connectivity index (χ0n) is 24.6. The summed E-state index contributed by atoms with van der Waals surface area (Å²) in [5.41, 5.74) is 11.3. The summed E-state index contributed by atoms with van der Waals surface area (Å²) in [4.78, 5) is 0. The Labute approximate surface area is 263 Å². The lowest BCUT2D eigenvalue weighted by atomic mass is 10.1. The molecule has 0 spiro atoms. The molecule has 214 valence electrons. The fourth-order valence-electron chi connectivity index (χ4n) is 7.47. The Morgan fingerprint density at radius 3 is 1.61 bits per heavy atom. The molecule has 0 aliphatic heterocycles. The molecule has 0 fully saturated rings. The minimum atomic E-state index is 0.592. The van der Waals surface area contributed by atoms with Crippen molar-refractivity contribution in [1.29, 1.82) is 5.26 Å². The van der Waals surface area contributed by atoms with E-state index in [0.717, 1.165) is 82.9 Å². The number of hydrogen-bond donors (Lipinski definition) is 0. The zero-order valence-corrected chi connectivity index (χ0v) is 24.6. The lowest BCUT2D eigenvalue weighted by Gasteiger charge is -2.15. The minimum Gasteiger partial charge on any atom is -0.454 e. The maximum atomic E-state index is 11.0. The van der Waals surface area contributed by atoms with Crippen molar-refractivity contribution < 1.29 is 4.42 Å². The van der Waals surface area contributed by atoms with E-state index in [1.807, 2.05) is 42.5 Å². The van der Waals surface area contributed by atoms with Crippen LogP contribution in [0.15, 0.2) is 150 Å². The molecule has 0 bridgehead atoms. The lowest BCUT2D eigenvalue weighted by molar-refractivity contribution is 0.673. The first kappa shape index (κ1) is 24.9. The third-order valence-electron chi connectivity index (χ3n) is 9.28. The van der Waals surface area contributed by atoms with Gasteiger partial charge in [-0.2, -0.15) is 5.26 Å². The van der Waals surface area contributed by atoms with Gasteiger partial charge in [-0.3, -0.25) is 0 Å². The van der Waals surface area contributed by atoms with Crippen LogP contribution in [0.5, 0.6) is 0 Å². The van der Waals surface area contributed by atoms with Gasteiger partial charge in [-0.05, 0) is 60.7 Å². The first-order chi connectivity index (χ1) is 22.8. The molecule has 0 radical (unpaired) electrons. The molecule has 0 saturated heterocycles. The Balaban J connectivity index is 1.37. The van der Waals surface area contributed by atoms with Crippen molar-refractivity contribution in [3.05, 3.63) is 151 Å². The predicted molar refractivity (Wildman–Crippen MR) is 186 cm³/mol. The molecule has 5 nitrogen and oxygen atoms in total. The van der Waals surface area contributed by atoms with Gasteiger partial charge in [0.25, 0.3) is 0 Å². The van der Waals surface area contributed by atoms with E-state index < -0.39 is 0 Å². The van der Waals surface area contributed by atoms with Gasteiger partial charge < -0.3 is 18.1 Å². The van der Waals surface area contributed by atoms with Gasteiger partial charge in [0.15, 0.2) is 5.58 Å². The number of para-hydroxylation sites is 5. The lowest BCUT2D eigenvalue weighted by Crippen LogP contribution is -2.03. The van der Waals surface area contributed by atoms with Crippen LogP contribution in [-0.4, -0.2) is 13.7 Å². The smallest absolute Gasteiger partial charge is 0.161 e. The molecule has 0 aliphatic rings. The summed E-state index contributed by atoms with van der Waals surface area (Å²) in [6.07, 6.45) is 0. The second-order valence-corrected chi connectivity index (χ2v) is 11.6. The molecule has 0 amide bonds. The fraction of sp³-hybridized carbons (Fsp3) is 0. The standard InChI is InChI=1S/C41H24N4O/c42-25-31-35(22-12-23-36(31)45-34-21-10-6-17-29(34)41-40(45)30-18-7-11-24-37(30)46-41)44-33-20-9-5-16-28(33)38-39(44)27-15-4-8-19-32(27)43(38)26-13-2-1-3-14-26/h1-24H. The highest BCUT2D eigenvalue weighted by Gasteiger charge is 2.26. The molecule has 0 saturated carbocycles. The van der Waals surface area contributed by atoms with Gasteiger partial charge in [0.05, 0.1) is 39.0 Å². The van der Waals surface area contributed by atoms with Crippen LogP contribution in [0.2, 0.25) is 0 Å². The van der Waals surface area contributed by atoms with Crippen molar-refractivity contribution in [3.8, 4) is 23.1 Å². The van der Waals surface area contributed by atoms with E-state index in [1.165, 1.54) is 0 Å². The quantitative estimate of drug-likeness (QED) is 0.206. The fourth-order valence-corrected chi connectivity index (χ4v) is 7.47. The highest BCUT2D eigenvalue weighted by atomic mass is 16.3. The third kappa shape index (κ3) is 3.17. The Morgan fingerprint density at radius 1 is 0.435 bits per heavy atom. The minimum absolute atomic E-state index is 0.592. The molecule has 0 unspecified atom stereocenters. The van der Waals surface area contributed by atoms with Crippen LogP contribution in [0.4, 0.5) is 0 Å². The van der Waals surface area contributed by atoms with Crippen LogP contribution >= 0.6 is 0 Å². The van der Waals surface area contributed by atoms with E-state index in [0.29, 0.717) is 5.56 Å². The van der Waals surface area contributed by atoms with Crippen molar-refractivity contribution in [2.45, 2.75) is 0 Å². The Hall–Kier alpha value is -6.51. The van der Waals surface area contributed by atoms with Gasteiger partial charge >= 0.3 is 0 Å². The van der Waals surface area contributed by atoms with Gasteiger partial charge in [0.2, 0.25) is 0 Å². The van der Waals surface area contributed by atoms with Crippen LogP contribution in [0.3, 0.4) is 0 Å². The number of hydrogen-bond acceptors (Lipinski definition) is 2. The molecule has 10 aromatic rings. The topological polar surface area (TPSA) is 51.7 Å². The van der Waals surface area contributed by atoms with Crippen molar-refractivity contribution in [3.63, 3.8) is 0 Å². The predicted octanol–water partition coefficient (Wildman–Crippen LogP) is 10.4. The summed E-state index contributed by atoms with van der Waals surface area (Å²) >= 11 is 0. The zero-order chi connectivity index (χ0) is 30.4. The highest BCUT2D eigenvalue weighted by molar-refractivity contribution is 6.20. The Morgan fingerprint density at radius 2 is 0.935 bits per heavy atom. The molecule has 4 heterocycles. The van der Waals surface area contributed by atoms with E-state index in [4.69, 9.17) is 4.42 Å². The van der Waals surface area contributed by atoms with Crippen LogP contribution in [0.1, 0.15) is 5.56 Å². The molecule has 0 aliphatic carbocycles. The van der Waals surface area contributed by atoms with Gasteiger partial charge in [-0.25, -0.2) is 0 Å². The molecule has 5 heteroatoms. The Bertz CT molecular complexity index is 2860. The number of furan rings is 1. The van der Waals surface area contributed by atoms with Gasteiger partial charge in [-0.1, -0.05) is 84.9 Å². The highest BCUT2D eigenvalue weighted by Crippen LogP contribution is 2.43.